The number of furan rings is 1. The quantitative estimate of drug-likeness (QED) is 0.641. The molecule has 0 unspecified atom stereocenters. The first-order valence-corrected chi connectivity index (χ1v) is 12.4. The molecule has 0 aliphatic carbocycles. The molecule has 0 radical (unpaired) electrons. The maximum atomic E-state index is 13.1. The molecule has 1 aromatic carbocycles. The fourth-order valence-electron chi connectivity index (χ4n) is 4.10. The van der Waals surface area contributed by atoms with E-state index in [4.69, 9.17) is 9.15 Å². The van der Waals surface area contributed by atoms with E-state index in [0.29, 0.717) is 38.5 Å². The summed E-state index contributed by atoms with van der Waals surface area (Å²) in [5.41, 5.74) is 1.38. The lowest BCUT2D eigenvalue weighted by Crippen LogP contribution is -2.40. The van der Waals surface area contributed by atoms with E-state index in [1.165, 1.54) is 4.31 Å². The normalized spacial score (nSPS) is 17.8. The Labute approximate surface area is 189 Å². The molecule has 0 saturated carbocycles. The van der Waals surface area contributed by atoms with E-state index in [1.54, 1.807) is 24.5 Å². The Morgan fingerprint density at radius 3 is 2.56 bits per heavy atom. The minimum Gasteiger partial charge on any atom is -0.468 e. The molecule has 2 fully saturated rings. The van der Waals surface area contributed by atoms with Crippen molar-refractivity contribution in [3.8, 4) is 0 Å². The van der Waals surface area contributed by atoms with Crippen LogP contribution < -0.4 is 10.2 Å². The highest BCUT2D eigenvalue weighted by molar-refractivity contribution is 7.89. The van der Waals surface area contributed by atoms with Gasteiger partial charge < -0.3 is 19.4 Å². The van der Waals surface area contributed by atoms with Crippen LogP contribution in [0.4, 0.5) is 11.4 Å². The number of nitrogens with zero attached hydrogens (tertiary/aromatic N) is 3. The van der Waals surface area contributed by atoms with Gasteiger partial charge in [0, 0.05) is 26.2 Å². The topological polar surface area (TPSA) is 95.3 Å². The van der Waals surface area contributed by atoms with Gasteiger partial charge >= 0.3 is 0 Å². The van der Waals surface area contributed by atoms with Crippen LogP contribution in [0.3, 0.4) is 0 Å². The number of amides is 1. The smallest absolute Gasteiger partial charge is 0.243 e. The lowest BCUT2D eigenvalue weighted by Gasteiger charge is -2.27. The SMILES string of the molecule is CN(CC(=O)Nc1cc(S(=O)(=O)N2CCOCC2)ccc1N1CCCC1)Cc1ccco1. The summed E-state index contributed by atoms with van der Waals surface area (Å²) >= 11 is 0. The zero-order chi connectivity index (χ0) is 22.6. The number of hydrogen-bond acceptors (Lipinski definition) is 7. The minimum atomic E-state index is -3.66. The first kappa shape index (κ1) is 22.8. The van der Waals surface area contributed by atoms with E-state index in [-0.39, 0.29) is 17.3 Å². The average molecular weight is 463 g/mol. The Morgan fingerprint density at radius 1 is 1.12 bits per heavy atom. The first-order valence-electron chi connectivity index (χ1n) is 10.9. The molecular formula is C22H30N4O5S. The monoisotopic (exact) mass is 462 g/mol. The number of morpholine rings is 1. The Kier molecular flexibility index (Phi) is 7.14. The molecule has 4 rings (SSSR count). The number of hydrogen-bond donors (Lipinski definition) is 1. The maximum Gasteiger partial charge on any atom is 0.243 e. The molecule has 2 aliphatic rings. The number of ether oxygens (including phenoxy) is 1. The molecule has 1 N–H and O–H groups in total. The zero-order valence-electron chi connectivity index (χ0n) is 18.3. The van der Waals surface area contributed by atoms with Crippen LogP contribution in [0.15, 0.2) is 45.9 Å². The van der Waals surface area contributed by atoms with Crippen molar-refractivity contribution >= 4 is 27.3 Å². The molecular weight excluding hydrogens is 432 g/mol. The number of rotatable bonds is 8. The van der Waals surface area contributed by atoms with Crippen LogP contribution >= 0.6 is 0 Å². The molecule has 1 aromatic heterocycles. The lowest BCUT2D eigenvalue weighted by molar-refractivity contribution is -0.117. The van der Waals surface area contributed by atoms with Crippen molar-refractivity contribution in [1.29, 1.82) is 0 Å². The fraction of sp³-hybridized carbons (Fsp3) is 0.500. The van der Waals surface area contributed by atoms with E-state index in [9.17, 15) is 13.2 Å². The molecule has 0 atom stereocenters. The number of carbonyl (C=O) groups excluding carboxylic acids is 1. The largest absolute Gasteiger partial charge is 0.468 e. The number of anilines is 2. The predicted molar refractivity (Wildman–Crippen MR) is 121 cm³/mol. The summed E-state index contributed by atoms with van der Waals surface area (Å²) in [6, 6.07) is 8.70. The highest BCUT2D eigenvalue weighted by atomic mass is 32.2. The van der Waals surface area contributed by atoms with Crippen LogP contribution in [0.5, 0.6) is 0 Å². The maximum absolute atomic E-state index is 13.1. The number of nitrogens with one attached hydrogen (secondary N) is 1. The van der Waals surface area contributed by atoms with Crippen molar-refractivity contribution < 1.29 is 22.4 Å². The highest BCUT2D eigenvalue weighted by Gasteiger charge is 2.28. The summed E-state index contributed by atoms with van der Waals surface area (Å²) in [5.74, 6) is 0.567. The third-order valence-corrected chi connectivity index (χ3v) is 7.61. The van der Waals surface area contributed by atoms with E-state index >= 15 is 0 Å². The third-order valence-electron chi connectivity index (χ3n) is 5.72. The minimum absolute atomic E-state index is 0.153. The van der Waals surface area contributed by atoms with Gasteiger partial charge in [0.1, 0.15) is 5.76 Å². The Balaban J connectivity index is 1.53. The molecule has 2 aromatic rings. The van der Waals surface area contributed by atoms with Crippen LogP contribution in [0.25, 0.3) is 0 Å². The van der Waals surface area contributed by atoms with Crippen LogP contribution in [0.2, 0.25) is 0 Å². The van der Waals surface area contributed by atoms with Gasteiger partial charge in [-0.3, -0.25) is 9.69 Å². The molecule has 174 valence electrons. The second-order valence-electron chi connectivity index (χ2n) is 8.19. The van der Waals surface area contributed by atoms with Crippen molar-refractivity contribution in [1.82, 2.24) is 9.21 Å². The second-order valence-corrected chi connectivity index (χ2v) is 10.1. The van der Waals surface area contributed by atoms with Gasteiger partial charge in [-0.25, -0.2) is 8.42 Å². The van der Waals surface area contributed by atoms with Crippen LogP contribution in [-0.4, -0.2) is 76.5 Å². The molecule has 0 bridgehead atoms. The lowest BCUT2D eigenvalue weighted by atomic mass is 10.2. The van der Waals surface area contributed by atoms with Crippen LogP contribution in [-0.2, 0) is 26.1 Å². The number of sulfonamides is 1. The van der Waals surface area contributed by atoms with Gasteiger partial charge in [0.05, 0.1) is 48.8 Å². The van der Waals surface area contributed by atoms with Gasteiger partial charge in [-0.1, -0.05) is 0 Å². The first-order chi connectivity index (χ1) is 15.4. The van der Waals surface area contributed by atoms with E-state index in [2.05, 4.69) is 10.2 Å². The van der Waals surface area contributed by atoms with Crippen molar-refractivity contribution in [2.45, 2.75) is 24.3 Å². The molecule has 2 aliphatic heterocycles. The Bertz CT molecular complexity index is 1010. The molecule has 9 nitrogen and oxygen atoms in total. The van der Waals surface area contributed by atoms with Crippen molar-refractivity contribution in [2.24, 2.45) is 0 Å². The van der Waals surface area contributed by atoms with Gasteiger partial charge in [0.15, 0.2) is 0 Å². The van der Waals surface area contributed by atoms with Crippen LogP contribution in [0.1, 0.15) is 18.6 Å². The molecule has 0 spiro atoms. The summed E-state index contributed by atoms with van der Waals surface area (Å²) in [6.07, 6.45) is 3.76. The summed E-state index contributed by atoms with van der Waals surface area (Å²) in [4.78, 5) is 17.0. The highest BCUT2D eigenvalue weighted by Crippen LogP contribution is 2.32. The zero-order valence-corrected chi connectivity index (χ0v) is 19.1. The average Bonchev–Trinajstić information content (AvgIpc) is 3.48. The standard InChI is InChI=1S/C22H30N4O5S/c1-24(16-18-5-4-12-31-18)17-22(27)23-20-15-19(6-7-21(20)25-8-2-3-9-25)32(28,29)26-10-13-30-14-11-26/h4-7,12,15H,2-3,8-11,13-14,16-17H2,1H3,(H,23,27). The third kappa shape index (κ3) is 5.32. The molecule has 32 heavy (non-hydrogen) atoms. The van der Waals surface area contributed by atoms with Gasteiger partial charge in [-0.05, 0) is 50.2 Å². The fourth-order valence-corrected chi connectivity index (χ4v) is 5.54. The van der Waals surface area contributed by atoms with Crippen molar-refractivity contribution in [2.75, 3.05) is 63.2 Å². The van der Waals surface area contributed by atoms with E-state index < -0.39 is 10.0 Å². The van der Waals surface area contributed by atoms with Gasteiger partial charge in [0.25, 0.3) is 0 Å². The summed E-state index contributed by atoms with van der Waals surface area (Å²) < 4.78 is 38.3. The van der Waals surface area contributed by atoms with Crippen molar-refractivity contribution in [3.63, 3.8) is 0 Å². The van der Waals surface area contributed by atoms with Gasteiger partial charge in [0.2, 0.25) is 15.9 Å². The number of carbonyl (C=O) groups is 1. The number of likely N-dealkylation sites (N-methyl/N-ethyl adjacent to an activating group) is 1. The number of benzene rings is 1. The molecule has 10 heteroatoms. The van der Waals surface area contributed by atoms with Gasteiger partial charge in [-0.2, -0.15) is 4.31 Å². The summed E-state index contributed by atoms with van der Waals surface area (Å²) in [7, 11) is -1.82. The van der Waals surface area contributed by atoms with E-state index in [1.807, 2.05) is 24.1 Å². The molecule has 3 heterocycles. The van der Waals surface area contributed by atoms with E-state index in [0.717, 1.165) is 37.4 Å². The summed E-state index contributed by atoms with van der Waals surface area (Å²) in [5, 5.41) is 2.95. The summed E-state index contributed by atoms with van der Waals surface area (Å²) in [6.45, 7) is 3.86. The predicted octanol–water partition coefficient (Wildman–Crippen LogP) is 1.97. The second kappa shape index (κ2) is 10.0. The van der Waals surface area contributed by atoms with Gasteiger partial charge in [-0.15, -0.1) is 0 Å². The Morgan fingerprint density at radius 2 is 1.88 bits per heavy atom. The Hall–Kier alpha value is -2.40. The van der Waals surface area contributed by atoms with Crippen molar-refractivity contribution in [3.05, 3.63) is 42.4 Å². The molecule has 1 amide bonds. The molecule has 2 saturated heterocycles. The van der Waals surface area contributed by atoms with Crippen LogP contribution in [0, 0.1) is 0 Å².